The number of piperazine rings is 1. The van der Waals surface area contributed by atoms with Crippen molar-refractivity contribution in [3.63, 3.8) is 0 Å². The van der Waals surface area contributed by atoms with E-state index in [9.17, 15) is 8.42 Å². The summed E-state index contributed by atoms with van der Waals surface area (Å²) < 4.78 is 28.2. The first-order chi connectivity index (χ1) is 13.1. The van der Waals surface area contributed by atoms with Crippen LogP contribution in [0.3, 0.4) is 0 Å². The SMILES string of the molecule is O=S(=O)(c1ccc(C2CC2)cc1)N1CCNC1N1CCN(C2CCC2)CC1. The number of hydrogen-bond acceptors (Lipinski definition) is 5. The van der Waals surface area contributed by atoms with Crippen LogP contribution in [-0.2, 0) is 10.0 Å². The van der Waals surface area contributed by atoms with Crippen LogP contribution in [0.25, 0.3) is 0 Å². The molecule has 0 radical (unpaired) electrons. The van der Waals surface area contributed by atoms with E-state index in [0.717, 1.165) is 32.2 Å². The molecule has 2 heterocycles. The second kappa shape index (κ2) is 7.12. The Balaban J connectivity index is 1.28. The van der Waals surface area contributed by atoms with Gasteiger partial charge >= 0.3 is 0 Å². The highest BCUT2D eigenvalue weighted by atomic mass is 32.2. The Morgan fingerprint density at radius 3 is 2.11 bits per heavy atom. The number of rotatable bonds is 5. The van der Waals surface area contributed by atoms with Gasteiger partial charge in [0.1, 0.15) is 6.29 Å². The predicted octanol–water partition coefficient (Wildman–Crippen LogP) is 1.61. The van der Waals surface area contributed by atoms with Crippen LogP contribution in [0.15, 0.2) is 29.2 Å². The summed E-state index contributed by atoms with van der Waals surface area (Å²) in [5, 5.41) is 3.42. The van der Waals surface area contributed by atoms with E-state index in [1.807, 2.05) is 12.1 Å². The van der Waals surface area contributed by atoms with Gasteiger partial charge in [0.25, 0.3) is 0 Å². The third-order valence-electron chi connectivity index (χ3n) is 6.75. The summed E-state index contributed by atoms with van der Waals surface area (Å²) in [6.07, 6.45) is 6.29. The molecule has 0 aromatic heterocycles. The van der Waals surface area contributed by atoms with Gasteiger partial charge in [-0.15, -0.1) is 0 Å². The monoisotopic (exact) mass is 390 g/mol. The van der Waals surface area contributed by atoms with E-state index in [-0.39, 0.29) is 6.29 Å². The van der Waals surface area contributed by atoms with E-state index >= 15 is 0 Å². The van der Waals surface area contributed by atoms with Gasteiger partial charge < -0.3 is 0 Å². The fraction of sp³-hybridized carbons (Fsp3) is 0.700. The summed E-state index contributed by atoms with van der Waals surface area (Å²) in [4.78, 5) is 5.32. The van der Waals surface area contributed by atoms with E-state index in [4.69, 9.17) is 0 Å². The fourth-order valence-corrected chi connectivity index (χ4v) is 6.21. The number of benzene rings is 1. The van der Waals surface area contributed by atoms with Gasteiger partial charge in [0, 0.05) is 45.3 Å². The molecule has 1 N–H and O–H groups in total. The highest BCUT2D eigenvalue weighted by Gasteiger charge is 2.40. The predicted molar refractivity (Wildman–Crippen MR) is 105 cm³/mol. The van der Waals surface area contributed by atoms with Crippen molar-refractivity contribution >= 4 is 10.0 Å². The topological polar surface area (TPSA) is 55.9 Å². The molecular formula is C20H30N4O2S. The van der Waals surface area contributed by atoms with Gasteiger partial charge in [-0.2, -0.15) is 4.31 Å². The Labute approximate surface area is 162 Å². The zero-order valence-electron chi connectivity index (χ0n) is 15.9. The number of nitrogens with one attached hydrogen (secondary N) is 1. The molecule has 7 heteroatoms. The van der Waals surface area contributed by atoms with E-state index in [2.05, 4.69) is 15.1 Å². The Hall–Kier alpha value is -0.990. The smallest absolute Gasteiger partial charge is 0.245 e. The van der Waals surface area contributed by atoms with Gasteiger partial charge in [-0.3, -0.25) is 15.1 Å². The summed E-state index contributed by atoms with van der Waals surface area (Å²) in [6.45, 7) is 5.22. The largest absolute Gasteiger partial charge is 0.298 e. The molecule has 0 amide bonds. The lowest BCUT2D eigenvalue weighted by Crippen LogP contribution is -2.60. The van der Waals surface area contributed by atoms with Gasteiger partial charge in [0.2, 0.25) is 10.0 Å². The Bertz CT molecular complexity index is 766. The molecule has 5 rings (SSSR count). The minimum atomic E-state index is -3.47. The molecule has 0 bridgehead atoms. The second-order valence-electron chi connectivity index (χ2n) is 8.44. The molecule has 6 nitrogen and oxygen atoms in total. The molecule has 1 aromatic carbocycles. The quantitative estimate of drug-likeness (QED) is 0.828. The van der Waals surface area contributed by atoms with E-state index < -0.39 is 10.0 Å². The zero-order valence-corrected chi connectivity index (χ0v) is 16.7. The highest BCUT2D eigenvalue weighted by molar-refractivity contribution is 7.89. The molecule has 4 aliphatic rings. The van der Waals surface area contributed by atoms with Crippen LogP contribution < -0.4 is 5.32 Å². The standard InChI is InChI=1S/C20H30N4O2S/c25-27(26,19-8-6-17(7-9-19)16-4-5-16)24-11-10-21-20(24)23-14-12-22(13-15-23)18-2-1-3-18/h6-9,16,18,20-21H,1-5,10-15H2. The Morgan fingerprint density at radius 1 is 0.852 bits per heavy atom. The minimum Gasteiger partial charge on any atom is -0.298 e. The first kappa shape index (κ1) is 18.1. The van der Waals surface area contributed by atoms with Gasteiger partial charge in [-0.1, -0.05) is 18.6 Å². The van der Waals surface area contributed by atoms with Gasteiger partial charge in [0.15, 0.2) is 0 Å². The number of hydrogen-bond donors (Lipinski definition) is 1. The molecular weight excluding hydrogens is 360 g/mol. The average molecular weight is 391 g/mol. The molecule has 2 saturated heterocycles. The lowest BCUT2D eigenvalue weighted by molar-refractivity contribution is 0.0170. The van der Waals surface area contributed by atoms with E-state index in [0.29, 0.717) is 23.9 Å². The molecule has 2 aliphatic heterocycles. The molecule has 1 atom stereocenters. The van der Waals surface area contributed by atoms with Crippen molar-refractivity contribution in [2.75, 3.05) is 39.3 Å². The van der Waals surface area contributed by atoms with Crippen LogP contribution in [0.5, 0.6) is 0 Å². The lowest BCUT2D eigenvalue weighted by Gasteiger charge is -2.45. The molecule has 0 spiro atoms. The van der Waals surface area contributed by atoms with E-state index in [1.165, 1.54) is 37.7 Å². The van der Waals surface area contributed by atoms with Crippen LogP contribution in [0.4, 0.5) is 0 Å². The fourth-order valence-electron chi connectivity index (χ4n) is 4.65. The summed E-state index contributed by atoms with van der Waals surface area (Å²) in [5.41, 5.74) is 1.28. The van der Waals surface area contributed by atoms with Crippen molar-refractivity contribution in [3.8, 4) is 0 Å². The summed E-state index contributed by atoms with van der Waals surface area (Å²) in [5.74, 6) is 0.648. The number of nitrogens with zero attached hydrogens (tertiary/aromatic N) is 3. The first-order valence-corrected chi connectivity index (χ1v) is 11.9. The van der Waals surface area contributed by atoms with Gasteiger partial charge in [-0.25, -0.2) is 8.42 Å². The van der Waals surface area contributed by atoms with Crippen molar-refractivity contribution in [1.29, 1.82) is 0 Å². The maximum Gasteiger partial charge on any atom is 0.245 e. The second-order valence-corrected chi connectivity index (χ2v) is 10.3. The van der Waals surface area contributed by atoms with Crippen molar-refractivity contribution < 1.29 is 8.42 Å². The Kier molecular flexibility index (Phi) is 4.76. The Morgan fingerprint density at radius 2 is 1.52 bits per heavy atom. The van der Waals surface area contributed by atoms with Gasteiger partial charge in [-0.05, 0) is 49.3 Å². The molecule has 2 aliphatic carbocycles. The van der Waals surface area contributed by atoms with Crippen molar-refractivity contribution in [3.05, 3.63) is 29.8 Å². The third-order valence-corrected chi connectivity index (χ3v) is 8.62. The highest BCUT2D eigenvalue weighted by Crippen LogP contribution is 2.40. The molecule has 4 fully saturated rings. The average Bonchev–Trinajstić information content (AvgIpc) is 3.37. The maximum atomic E-state index is 13.3. The normalized spacial score (nSPS) is 29.1. The first-order valence-electron chi connectivity index (χ1n) is 10.5. The summed E-state index contributed by atoms with van der Waals surface area (Å²) in [6, 6.07) is 8.37. The minimum absolute atomic E-state index is 0.207. The van der Waals surface area contributed by atoms with Crippen LogP contribution in [0.2, 0.25) is 0 Å². The molecule has 148 valence electrons. The molecule has 1 unspecified atom stereocenters. The van der Waals surface area contributed by atoms with Crippen LogP contribution in [0, 0.1) is 0 Å². The zero-order chi connectivity index (χ0) is 18.4. The van der Waals surface area contributed by atoms with Crippen LogP contribution in [-0.4, -0.2) is 74.1 Å². The molecule has 2 saturated carbocycles. The third kappa shape index (κ3) is 3.44. The summed E-state index contributed by atoms with van der Waals surface area (Å²) in [7, 11) is -3.47. The molecule has 27 heavy (non-hydrogen) atoms. The van der Waals surface area contributed by atoms with Crippen molar-refractivity contribution in [1.82, 2.24) is 19.4 Å². The lowest BCUT2D eigenvalue weighted by atomic mass is 9.91. The van der Waals surface area contributed by atoms with Crippen molar-refractivity contribution in [2.24, 2.45) is 0 Å². The van der Waals surface area contributed by atoms with Crippen molar-refractivity contribution in [2.45, 2.75) is 55.2 Å². The van der Waals surface area contributed by atoms with Crippen LogP contribution in [0.1, 0.15) is 43.6 Å². The summed E-state index contributed by atoms with van der Waals surface area (Å²) >= 11 is 0. The van der Waals surface area contributed by atoms with Crippen LogP contribution >= 0.6 is 0 Å². The molecule has 1 aromatic rings. The maximum absolute atomic E-state index is 13.3. The van der Waals surface area contributed by atoms with Gasteiger partial charge in [0.05, 0.1) is 4.90 Å². The number of sulfonamides is 1. The van der Waals surface area contributed by atoms with E-state index in [1.54, 1.807) is 16.4 Å².